The molecule has 41 heavy (non-hydrogen) atoms. The molecule has 2 aromatic heterocycles. The largest absolute Gasteiger partial charge is 0.489 e. The fraction of sp³-hybridized carbons (Fsp3) is 0.517. The summed E-state index contributed by atoms with van der Waals surface area (Å²) in [5.74, 6) is 0.705. The van der Waals surface area contributed by atoms with Gasteiger partial charge in [0.2, 0.25) is 0 Å². The number of benzene rings is 1. The third kappa shape index (κ3) is 5.57. The van der Waals surface area contributed by atoms with Gasteiger partial charge in [0.1, 0.15) is 40.6 Å². The summed E-state index contributed by atoms with van der Waals surface area (Å²) >= 11 is 6.36. The molecule has 3 fully saturated rings. The van der Waals surface area contributed by atoms with Crippen molar-refractivity contribution in [2.24, 2.45) is 0 Å². The Kier molecular flexibility index (Phi) is 7.05. The Morgan fingerprint density at radius 3 is 2.76 bits per heavy atom. The SMILES string of the molecule is CC(C)(C)OC(=O)N1C[C@@H]2C[C@H]1CN2c1ccc2ncnc(Nc3ccc(OC[C@]4(C)CCCO4)c(Cl)c3F)c2n1. The van der Waals surface area contributed by atoms with Crippen LogP contribution in [0.2, 0.25) is 5.02 Å². The zero-order valence-electron chi connectivity index (χ0n) is 23.6. The van der Waals surface area contributed by atoms with Crippen LogP contribution in [0.3, 0.4) is 0 Å². The quantitative estimate of drug-likeness (QED) is 0.390. The van der Waals surface area contributed by atoms with Gasteiger partial charge in [-0.15, -0.1) is 0 Å². The molecule has 3 aromatic rings. The lowest BCUT2D eigenvalue weighted by Gasteiger charge is -2.35. The molecule has 12 heteroatoms. The van der Waals surface area contributed by atoms with Crippen LogP contribution in [0.25, 0.3) is 11.0 Å². The summed E-state index contributed by atoms with van der Waals surface area (Å²) in [6, 6.07) is 7.16. The van der Waals surface area contributed by atoms with E-state index in [1.165, 1.54) is 6.33 Å². The number of piperazine rings is 1. The number of amides is 1. The molecule has 3 aliphatic rings. The molecule has 3 atom stereocenters. The van der Waals surface area contributed by atoms with E-state index in [4.69, 9.17) is 30.8 Å². The lowest BCUT2D eigenvalue weighted by Crippen LogP contribution is -2.50. The number of fused-ring (bicyclic) bond motifs is 3. The van der Waals surface area contributed by atoms with Crippen LogP contribution in [0.5, 0.6) is 5.75 Å². The van der Waals surface area contributed by atoms with Crippen LogP contribution >= 0.6 is 11.6 Å². The molecule has 1 aromatic carbocycles. The molecule has 218 valence electrons. The molecule has 0 radical (unpaired) electrons. The standard InChI is InChI=1S/C29H34ClFN6O4/c1-28(2,3)41-27(38)37-14-17-12-18(37)13-36(17)22-9-7-20-25(35-22)26(33-16-32-20)34-19-6-8-21(23(30)24(19)31)39-15-29(4)10-5-11-40-29/h6-9,16-18H,5,10-15H2,1-4H3,(H,32,33,34)/t17-,18-,29-/m0/s1. The Morgan fingerprint density at radius 1 is 1.22 bits per heavy atom. The number of nitrogens with one attached hydrogen (secondary N) is 1. The van der Waals surface area contributed by atoms with E-state index in [9.17, 15) is 4.79 Å². The lowest BCUT2D eigenvalue weighted by molar-refractivity contribution is -0.0159. The topological polar surface area (TPSA) is 102 Å². The van der Waals surface area contributed by atoms with Crippen molar-refractivity contribution in [2.75, 3.05) is 36.5 Å². The zero-order valence-corrected chi connectivity index (χ0v) is 24.4. The number of rotatable bonds is 6. The Balaban J connectivity index is 1.19. The van der Waals surface area contributed by atoms with E-state index in [0.29, 0.717) is 36.5 Å². The number of hydrogen-bond donors (Lipinski definition) is 1. The summed E-state index contributed by atoms with van der Waals surface area (Å²) in [4.78, 5) is 30.2. The maximum absolute atomic E-state index is 15.4. The molecule has 2 bridgehead atoms. The van der Waals surface area contributed by atoms with Gasteiger partial charge in [0, 0.05) is 19.7 Å². The Morgan fingerprint density at radius 2 is 2.05 bits per heavy atom. The number of carbonyl (C=O) groups excluding carboxylic acids is 1. The minimum atomic E-state index is -0.649. The van der Waals surface area contributed by atoms with Crippen LogP contribution in [0.15, 0.2) is 30.6 Å². The average Bonchev–Trinajstić information content (AvgIpc) is 3.66. The van der Waals surface area contributed by atoms with Crippen molar-refractivity contribution in [3.05, 3.63) is 41.4 Å². The summed E-state index contributed by atoms with van der Waals surface area (Å²) in [7, 11) is 0. The van der Waals surface area contributed by atoms with Gasteiger partial charge in [-0.2, -0.15) is 0 Å². The number of ether oxygens (including phenoxy) is 3. The van der Waals surface area contributed by atoms with E-state index < -0.39 is 17.0 Å². The van der Waals surface area contributed by atoms with Crippen LogP contribution in [-0.2, 0) is 9.47 Å². The molecule has 3 saturated heterocycles. The Bertz CT molecular complexity index is 1480. The van der Waals surface area contributed by atoms with E-state index in [1.807, 2.05) is 44.7 Å². The zero-order chi connectivity index (χ0) is 28.9. The first-order valence-electron chi connectivity index (χ1n) is 13.9. The predicted octanol–water partition coefficient (Wildman–Crippen LogP) is 5.71. The van der Waals surface area contributed by atoms with Gasteiger partial charge in [0.05, 0.1) is 28.9 Å². The van der Waals surface area contributed by atoms with Crippen molar-refractivity contribution in [1.29, 1.82) is 0 Å². The van der Waals surface area contributed by atoms with Crippen LogP contribution in [-0.4, -0.2) is 75.5 Å². The lowest BCUT2D eigenvalue weighted by atomic mass is 10.0. The molecule has 0 unspecified atom stereocenters. The number of halogens is 2. The second-order valence-electron chi connectivity index (χ2n) is 12.1. The van der Waals surface area contributed by atoms with Gasteiger partial charge in [0.15, 0.2) is 11.6 Å². The van der Waals surface area contributed by atoms with E-state index in [0.717, 1.165) is 25.1 Å². The van der Waals surface area contributed by atoms with Gasteiger partial charge in [-0.25, -0.2) is 24.1 Å². The summed E-state index contributed by atoms with van der Waals surface area (Å²) < 4.78 is 32.5. The van der Waals surface area contributed by atoms with Crippen molar-refractivity contribution < 1.29 is 23.4 Å². The molecule has 1 amide bonds. The van der Waals surface area contributed by atoms with E-state index in [-0.39, 0.29) is 41.2 Å². The van der Waals surface area contributed by atoms with Crippen LogP contribution in [0.1, 0.15) is 47.0 Å². The minimum Gasteiger partial charge on any atom is -0.489 e. The van der Waals surface area contributed by atoms with Crippen molar-refractivity contribution in [3.63, 3.8) is 0 Å². The normalized spacial score (nSPS) is 23.9. The molecular weight excluding hydrogens is 551 g/mol. The molecule has 1 N–H and O–H groups in total. The van der Waals surface area contributed by atoms with Gasteiger partial charge in [-0.3, -0.25) is 0 Å². The Labute approximate surface area is 243 Å². The fourth-order valence-corrected chi connectivity index (χ4v) is 5.94. The average molecular weight is 585 g/mol. The van der Waals surface area contributed by atoms with Crippen molar-refractivity contribution in [2.45, 2.75) is 70.2 Å². The summed E-state index contributed by atoms with van der Waals surface area (Å²) in [6.45, 7) is 9.78. The highest BCUT2D eigenvalue weighted by Crippen LogP contribution is 2.38. The van der Waals surface area contributed by atoms with E-state index >= 15 is 4.39 Å². The minimum absolute atomic E-state index is 0.0526. The first-order valence-corrected chi connectivity index (χ1v) is 14.3. The van der Waals surface area contributed by atoms with Crippen LogP contribution < -0.4 is 15.0 Å². The van der Waals surface area contributed by atoms with Gasteiger partial charge < -0.3 is 29.3 Å². The second kappa shape index (κ2) is 10.4. The molecular formula is C29H34ClFN6O4. The highest BCUT2D eigenvalue weighted by molar-refractivity contribution is 6.32. The summed E-state index contributed by atoms with van der Waals surface area (Å²) in [5, 5.41) is 2.92. The fourth-order valence-electron chi connectivity index (χ4n) is 5.72. The molecule has 0 saturated carbocycles. The maximum Gasteiger partial charge on any atom is 0.410 e. The van der Waals surface area contributed by atoms with Gasteiger partial charge in [-0.05, 0) is 71.2 Å². The molecule has 10 nitrogen and oxygen atoms in total. The monoisotopic (exact) mass is 584 g/mol. The van der Waals surface area contributed by atoms with Crippen molar-refractivity contribution in [1.82, 2.24) is 19.9 Å². The smallest absolute Gasteiger partial charge is 0.410 e. The third-order valence-corrected chi connectivity index (χ3v) is 8.12. The van der Waals surface area contributed by atoms with E-state index in [1.54, 1.807) is 12.1 Å². The van der Waals surface area contributed by atoms with Gasteiger partial charge in [0.25, 0.3) is 0 Å². The predicted molar refractivity (Wildman–Crippen MR) is 154 cm³/mol. The maximum atomic E-state index is 15.4. The molecule has 5 heterocycles. The number of aromatic nitrogens is 3. The number of nitrogens with zero attached hydrogens (tertiary/aromatic N) is 5. The number of anilines is 3. The molecule has 0 aliphatic carbocycles. The number of hydrogen-bond acceptors (Lipinski definition) is 9. The third-order valence-electron chi connectivity index (χ3n) is 7.76. The highest BCUT2D eigenvalue weighted by Gasteiger charge is 2.47. The molecule has 6 rings (SSSR count). The van der Waals surface area contributed by atoms with Crippen LogP contribution in [0.4, 0.5) is 26.5 Å². The summed E-state index contributed by atoms with van der Waals surface area (Å²) in [5.41, 5.74) is 0.317. The summed E-state index contributed by atoms with van der Waals surface area (Å²) in [6.07, 6.45) is 3.81. The Hall–Kier alpha value is -3.44. The number of pyridine rings is 1. The number of carbonyl (C=O) groups is 1. The molecule has 0 spiro atoms. The number of likely N-dealkylation sites (tertiary alicyclic amines) is 1. The first-order chi connectivity index (χ1) is 19.5. The van der Waals surface area contributed by atoms with Gasteiger partial charge in [-0.1, -0.05) is 11.6 Å². The first kappa shape index (κ1) is 27.7. The van der Waals surface area contributed by atoms with Crippen LogP contribution in [0, 0.1) is 5.82 Å². The highest BCUT2D eigenvalue weighted by atomic mass is 35.5. The molecule has 3 aliphatic heterocycles. The van der Waals surface area contributed by atoms with Gasteiger partial charge >= 0.3 is 6.09 Å². The van der Waals surface area contributed by atoms with Crippen molar-refractivity contribution >= 4 is 46.1 Å². The van der Waals surface area contributed by atoms with Crippen molar-refractivity contribution in [3.8, 4) is 5.75 Å². The van der Waals surface area contributed by atoms with E-state index in [2.05, 4.69) is 20.2 Å². The second-order valence-corrected chi connectivity index (χ2v) is 12.5.